The molecule has 112 valence electrons. The summed E-state index contributed by atoms with van der Waals surface area (Å²) in [6, 6.07) is 3.52. The van der Waals surface area contributed by atoms with Gasteiger partial charge >= 0.3 is 0 Å². The van der Waals surface area contributed by atoms with Gasteiger partial charge < -0.3 is 10.1 Å². The van der Waals surface area contributed by atoms with Gasteiger partial charge in [-0.25, -0.2) is 18.1 Å². The fraction of sp³-hybridized carbons (Fsp3) is 0.615. The highest BCUT2D eigenvalue weighted by Gasteiger charge is 2.20. The zero-order chi connectivity index (χ0) is 14.4. The average molecular weight is 299 g/mol. The van der Waals surface area contributed by atoms with Crippen LogP contribution in [0.5, 0.6) is 5.88 Å². The van der Waals surface area contributed by atoms with Crippen LogP contribution < -0.4 is 14.8 Å². The van der Waals surface area contributed by atoms with Crippen molar-refractivity contribution in [2.45, 2.75) is 19.4 Å². The lowest BCUT2D eigenvalue weighted by Crippen LogP contribution is -2.35. The third-order valence-corrected chi connectivity index (χ3v) is 4.91. The van der Waals surface area contributed by atoms with Crippen LogP contribution in [0.4, 0.5) is 0 Å². The topological polar surface area (TPSA) is 80.3 Å². The number of ether oxygens (including phenoxy) is 1. The maximum atomic E-state index is 12.0. The van der Waals surface area contributed by atoms with Gasteiger partial charge in [0, 0.05) is 18.8 Å². The first-order valence-corrected chi connectivity index (χ1v) is 8.41. The van der Waals surface area contributed by atoms with E-state index in [9.17, 15) is 8.42 Å². The van der Waals surface area contributed by atoms with E-state index in [1.165, 1.54) is 0 Å². The molecule has 6 nitrogen and oxygen atoms in total. The molecule has 20 heavy (non-hydrogen) atoms. The Balaban J connectivity index is 1.84. The number of nitrogens with one attached hydrogen (secondary N) is 2. The van der Waals surface area contributed by atoms with E-state index < -0.39 is 10.0 Å². The summed E-state index contributed by atoms with van der Waals surface area (Å²) >= 11 is 0. The van der Waals surface area contributed by atoms with Gasteiger partial charge in [-0.2, -0.15) is 0 Å². The van der Waals surface area contributed by atoms with E-state index in [0.29, 0.717) is 5.88 Å². The van der Waals surface area contributed by atoms with E-state index in [1.54, 1.807) is 25.4 Å². The number of sulfonamides is 1. The van der Waals surface area contributed by atoms with Crippen molar-refractivity contribution in [3.63, 3.8) is 0 Å². The summed E-state index contributed by atoms with van der Waals surface area (Å²) in [4.78, 5) is 4.05. The number of nitrogens with zero attached hydrogens (tertiary/aromatic N) is 1. The number of aromatic nitrogens is 1. The maximum absolute atomic E-state index is 12.0. The fourth-order valence-electron chi connectivity index (χ4n) is 2.25. The molecule has 0 amide bonds. The molecule has 1 aromatic rings. The minimum Gasteiger partial charge on any atom is -0.481 e. The van der Waals surface area contributed by atoms with E-state index in [4.69, 9.17) is 4.74 Å². The third-order valence-electron chi connectivity index (χ3n) is 3.42. The summed E-state index contributed by atoms with van der Waals surface area (Å²) in [6.07, 6.45) is 3.46. The van der Waals surface area contributed by atoms with Crippen molar-refractivity contribution in [3.8, 4) is 5.88 Å². The van der Waals surface area contributed by atoms with Crippen molar-refractivity contribution in [1.29, 1.82) is 0 Å². The average Bonchev–Trinajstić information content (AvgIpc) is 2.46. The zero-order valence-corrected chi connectivity index (χ0v) is 12.4. The van der Waals surface area contributed by atoms with Crippen molar-refractivity contribution in [3.05, 3.63) is 23.9 Å². The summed E-state index contributed by atoms with van der Waals surface area (Å²) < 4.78 is 31.6. The number of hydrogen-bond donors (Lipinski definition) is 2. The summed E-state index contributed by atoms with van der Waals surface area (Å²) in [5, 5.41) is 3.23. The predicted molar refractivity (Wildman–Crippen MR) is 77.0 cm³/mol. The molecule has 1 saturated heterocycles. The van der Waals surface area contributed by atoms with Gasteiger partial charge in [0.2, 0.25) is 15.9 Å². The molecule has 1 fully saturated rings. The van der Waals surface area contributed by atoms with Gasteiger partial charge in [0.25, 0.3) is 0 Å². The highest BCUT2D eigenvalue weighted by atomic mass is 32.2. The molecule has 7 heteroatoms. The first-order chi connectivity index (χ1) is 9.59. The summed E-state index contributed by atoms with van der Waals surface area (Å²) in [6.45, 7) is 2.08. The van der Waals surface area contributed by atoms with Gasteiger partial charge in [0.1, 0.15) is 0 Å². The SMILES string of the molecule is COc1ccc(CNS(=O)(=O)CC2CCNCC2)cn1. The van der Waals surface area contributed by atoms with E-state index in [0.717, 1.165) is 31.5 Å². The molecule has 0 atom stereocenters. The molecule has 0 unspecified atom stereocenters. The van der Waals surface area contributed by atoms with Crippen LogP contribution in [0, 0.1) is 5.92 Å². The number of rotatable bonds is 6. The van der Waals surface area contributed by atoms with Gasteiger partial charge in [-0.15, -0.1) is 0 Å². The molecule has 0 aromatic carbocycles. The van der Waals surface area contributed by atoms with Crippen molar-refractivity contribution in [2.75, 3.05) is 26.0 Å². The lowest BCUT2D eigenvalue weighted by molar-refractivity contribution is 0.397. The van der Waals surface area contributed by atoms with Crippen LogP contribution in [0.15, 0.2) is 18.3 Å². The first-order valence-electron chi connectivity index (χ1n) is 6.76. The molecule has 2 N–H and O–H groups in total. The molecular weight excluding hydrogens is 278 g/mol. The second-order valence-corrected chi connectivity index (χ2v) is 6.86. The minimum atomic E-state index is -3.23. The van der Waals surface area contributed by atoms with E-state index in [2.05, 4.69) is 15.0 Å². The summed E-state index contributed by atoms with van der Waals surface area (Å²) in [5.41, 5.74) is 0.819. The fourth-order valence-corrected chi connectivity index (χ4v) is 3.71. The molecule has 0 saturated carbocycles. The van der Waals surface area contributed by atoms with Crippen molar-refractivity contribution >= 4 is 10.0 Å². The Bertz CT molecular complexity index is 510. The van der Waals surface area contributed by atoms with Crippen LogP contribution >= 0.6 is 0 Å². The van der Waals surface area contributed by atoms with E-state index in [1.807, 2.05) is 0 Å². The Labute approximate surface area is 120 Å². The molecule has 1 aromatic heterocycles. The number of hydrogen-bond acceptors (Lipinski definition) is 5. The van der Waals surface area contributed by atoms with Crippen LogP contribution in [-0.2, 0) is 16.6 Å². The Morgan fingerprint density at radius 2 is 2.15 bits per heavy atom. The highest BCUT2D eigenvalue weighted by Crippen LogP contribution is 2.14. The van der Waals surface area contributed by atoms with Gasteiger partial charge in [-0.05, 0) is 37.4 Å². The molecular formula is C13H21N3O3S. The molecule has 1 aliphatic heterocycles. The number of pyridine rings is 1. The van der Waals surface area contributed by atoms with Crippen molar-refractivity contribution < 1.29 is 13.2 Å². The quantitative estimate of drug-likeness (QED) is 0.800. The second-order valence-electron chi connectivity index (χ2n) is 5.00. The monoisotopic (exact) mass is 299 g/mol. The van der Waals surface area contributed by atoms with Gasteiger partial charge in [-0.1, -0.05) is 6.07 Å². The zero-order valence-electron chi connectivity index (χ0n) is 11.6. The smallest absolute Gasteiger partial charge is 0.212 e. The first kappa shape index (κ1) is 15.2. The lowest BCUT2D eigenvalue weighted by Gasteiger charge is -2.22. The molecule has 0 aliphatic carbocycles. The van der Waals surface area contributed by atoms with Crippen LogP contribution in [0.25, 0.3) is 0 Å². The molecule has 2 heterocycles. The second kappa shape index (κ2) is 7.01. The molecule has 0 bridgehead atoms. The minimum absolute atomic E-state index is 0.207. The highest BCUT2D eigenvalue weighted by molar-refractivity contribution is 7.89. The molecule has 0 radical (unpaired) electrons. The van der Waals surface area contributed by atoms with Crippen LogP contribution in [0.3, 0.4) is 0 Å². The normalized spacial score (nSPS) is 17.1. The Kier molecular flexibility index (Phi) is 5.33. The van der Waals surface area contributed by atoms with Crippen LogP contribution in [0.1, 0.15) is 18.4 Å². The Morgan fingerprint density at radius 3 is 2.75 bits per heavy atom. The number of piperidine rings is 1. The van der Waals surface area contributed by atoms with Crippen molar-refractivity contribution in [1.82, 2.24) is 15.0 Å². The molecule has 1 aliphatic rings. The maximum Gasteiger partial charge on any atom is 0.212 e. The van der Waals surface area contributed by atoms with Crippen molar-refractivity contribution in [2.24, 2.45) is 5.92 Å². The third kappa shape index (κ3) is 4.73. The van der Waals surface area contributed by atoms with Gasteiger partial charge in [0.15, 0.2) is 0 Å². The lowest BCUT2D eigenvalue weighted by atomic mass is 10.0. The molecule has 0 spiro atoms. The van der Waals surface area contributed by atoms with Crippen LogP contribution in [0.2, 0.25) is 0 Å². The van der Waals surface area contributed by atoms with Gasteiger partial charge in [0.05, 0.1) is 12.9 Å². The Hall–Kier alpha value is -1.18. The Morgan fingerprint density at radius 1 is 1.40 bits per heavy atom. The van der Waals surface area contributed by atoms with E-state index >= 15 is 0 Å². The standard InChI is InChI=1S/C13H21N3O3S/c1-19-13-3-2-12(8-15-13)9-16-20(17,18)10-11-4-6-14-7-5-11/h2-3,8,11,14,16H,4-7,9-10H2,1H3. The summed E-state index contributed by atoms with van der Waals surface area (Å²) in [7, 11) is -1.69. The predicted octanol–water partition coefficient (Wildman–Crippen LogP) is 0.509. The van der Waals surface area contributed by atoms with Gasteiger partial charge in [-0.3, -0.25) is 0 Å². The summed E-state index contributed by atoms with van der Waals surface area (Å²) in [5.74, 6) is 0.979. The number of methoxy groups -OCH3 is 1. The molecule has 2 rings (SSSR count). The van der Waals surface area contributed by atoms with Crippen LogP contribution in [-0.4, -0.2) is 39.4 Å². The van der Waals surface area contributed by atoms with E-state index in [-0.39, 0.29) is 18.2 Å². The largest absolute Gasteiger partial charge is 0.481 e.